The minimum atomic E-state index is 0.125. The van der Waals surface area contributed by atoms with Gasteiger partial charge in [-0.05, 0) is 30.3 Å². The van der Waals surface area contributed by atoms with Crippen molar-refractivity contribution < 1.29 is 14.6 Å². The summed E-state index contributed by atoms with van der Waals surface area (Å²) in [5.41, 5.74) is 2.51. The summed E-state index contributed by atoms with van der Waals surface area (Å²) in [5.74, 6) is 2.12. The van der Waals surface area contributed by atoms with E-state index in [9.17, 15) is 5.11 Å². The molecule has 0 radical (unpaired) electrons. The number of anilines is 2. The first kappa shape index (κ1) is 18.1. The van der Waals surface area contributed by atoms with Crippen LogP contribution in [0.25, 0.3) is 16.9 Å². The second-order valence-electron chi connectivity index (χ2n) is 5.97. The van der Waals surface area contributed by atoms with E-state index in [1.54, 1.807) is 44.9 Å². The van der Waals surface area contributed by atoms with Gasteiger partial charge in [-0.25, -0.2) is 4.98 Å². The number of hydrogen-bond acceptors (Lipinski definition) is 6. The third-order valence-electron chi connectivity index (χ3n) is 4.30. The fourth-order valence-corrected chi connectivity index (χ4v) is 3.31. The van der Waals surface area contributed by atoms with Gasteiger partial charge in [0.05, 0.1) is 26.1 Å². The van der Waals surface area contributed by atoms with Gasteiger partial charge in [0.2, 0.25) is 0 Å². The van der Waals surface area contributed by atoms with Crippen LogP contribution >= 0.6 is 15.9 Å². The number of halogens is 1. The van der Waals surface area contributed by atoms with Gasteiger partial charge in [-0.2, -0.15) is 0 Å². The van der Waals surface area contributed by atoms with Crippen LogP contribution in [0.15, 0.2) is 59.5 Å². The third kappa shape index (κ3) is 3.22. The highest BCUT2D eigenvalue weighted by Crippen LogP contribution is 2.39. The van der Waals surface area contributed by atoms with Crippen LogP contribution in [0.4, 0.5) is 11.5 Å². The number of fused-ring (bicyclic) bond motifs is 1. The molecule has 0 aliphatic carbocycles. The van der Waals surface area contributed by atoms with E-state index in [0.29, 0.717) is 39.9 Å². The summed E-state index contributed by atoms with van der Waals surface area (Å²) >= 11 is 3.46. The second kappa shape index (κ2) is 7.40. The number of benzene rings is 2. The smallest absolute Gasteiger partial charge is 0.157 e. The van der Waals surface area contributed by atoms with Gasteiger partial charge in [-0.3, -0.25) is 9.38 Å². The lowest BCUT2D eigenvalue weighted by atomic mass is 10.1. The molecule has 2 N–H and O–H groups in total. The predicted molar refractivity (Wildman–Crippen MR) is 111 cm³/mol. The first-order chi connectivity index (χ1) is 13.6. The molecule has 0 atom stereocenters. The SMILES string of the molecule is COc1ccc(OC)c(Nc2c(-c3cc(Br)ccc3O)nc3cnccn23)c1. The number of methoxy groups -OCH3 is 2. The summed E-state index contributed by atoms with van der Waals surface area (Å²) in [6.45, 7) is 0. The Morgan fingerprint density at radius 3 is 2.75 bits per heavy atom. The van der Waals surface area contributed by atoms with E-state index in [2.05, 4.69) is 31.2 Å². The molecule has 0 amide bonds. The molecule has 2 aromatic heterocycles. The maximum Gasteiger partial charge on any atom is 0.157 e. The van der Waals surface area contributed by atoms with Gasteiger partial charge in [-0.15, -0.1) is 0 Å². The molecule has 0 aliphatic heterocycles. The fourth-order valence-electron chi connectivity index (χ4n) is 2.95. The Kier molecular flexibility index (Phi) is 4.79. The maximum atomic E-state index is 10.4. The molecular formula is C20H17BrN4O3. The molecule has 4 aromatic rings. The molecule has 142 valence electrons. The van der Waals surface area contributed by atoms with E-state index >= 15 is 0 Å². The van der Waals surface area contributed by atoms with Crippen molar-refractivity contribution in [1.82, 2.24) is 14.4 Å². The van der Waals surface area contributed by atoms with Gasteiger partial charge in [0.15, 0.2) is 5.65 Å². The number of nitrogens with zero attached hydrogens (tertiary/aromatic N) is 3. The Hall–Kier alpha value is -3.26. The molecule has 0 bridgehead atoms. The van der Waals surface area contributed by atoms with Gasteiger partial charge in [0.25, 0.3) is 0 Å². The van der Waals surface area contributed by atoms with Crippen LogP contribution in [0.3, 0.4) is 0 Å². The summed E-state index contributed by atoms with van der Waals surface area (Å²) in [7, 11) is 3.21. The number of nitrogens with one attached hydrogen (secondary N) is 1. The zero-order chi connectivity index (χ0) is 19.7. The molecule has 0 saturated carbocycles. The molecule has 2 aromatic carbocycles. The zero-order valence-electron chi connectivity index (χ0n) is 15.2. The lowest BCUT2D eigenvalue weighted by Crippen LogP contribution is -2.00. The van der Waals surface area contributed by atoms with Gasteiger partial charge in [0, 0.05) is 28.5 Å². The standard InChI is InChI=1S/C20H17BrN4O3/c1-27-13-4-6-17(28-2)15(10-13)23-20-19(14-9-12(21)3-5-16(14)26)24-18-11-22-7-8-25(18)20/h3-11,23,26H,1-2H3. The topological polar surface area (TPSA) is 80.9 Å². The van der Waals surface area contributed by atoms with Crippen molar-refractivity contribution in [3.8, 4) is 28.5 Å². The molecule has 8 heteroatoms. The largest absolute Gasteiger partial charge is 0.507 e. The van der Waals surface area contributed by atoms with Crippen LogP contribution in [-0.4, -0.2) is 33.7 Å². The summed E-state index contributed by atoms with van der Waals surface area (Å²) < 4.78 is 13.5. The summed E-state index contributed by atoms with van der Waals surface area (Å²) in [5, 5.41) is 13.8. The molecule has 0 aliphatic rings. The van der Waals surface area contributed by atoms with Crippen molar-refractivity contribution in [3.63, 3.8) is 0 Å². The molecule has 4 rings (SSSR count). The monoisotopic (exact) mass is 440 g/mol. The third-order valence-corrected chi connectivity index (χ3v) is 4.80. The maximum absolute atomic E-state index is 10.4. The highest BCUT2D eigenvalue weighted by atomic mass is 79.9. The molecular weight excluding hydrogens is 424 g/mol. The quantitative estimate of drug-likeness (QED) is 0.470. The van der Waals surface area contributed by atoms with Crippen molar-refractivity contribution in [1.29, 1.82) is 0 Å². The normalized spacial score (nSPS) is 10.8. The lowest BCUT2D eigenvalue weighted by Gasteiger charge is -2.14. The van der Waals surface area contributed by atoms with Crippen molar-refractivity contribution in [2.75, 3.05) is 19.5 Å². The number of aromatic nitrogens is 3. The number of rotatable bonds is 5. The van der Waals surface area contributed by atoms with E-state index in [4.69, 9.17) is 9.47 Å². The molecule has 0 unspecified atom stereocenters. The van der Waals surface area contributed by atoms with Crippen molar-refractivity contribution in [3.05, 3.63) is 59.5 Å². The van der Waals surface area contributed by atoms with E-state index < -0.39 is 0 Å². The lowest BCUT2D eigenvalue weighted by molar-refractivity contribution is 0.405. The van der Waals surface area contributed by atoms with E-state index in [1.165, 1.54) is 0 Å². The highest BCUT2D eigenvalue weighted by Gasteiger charge is 2.19. The Bertz CT molecular complexity index is 1160. The summed E-state index contributed by atoms with van der Waals surface area (Å²) in [4.78, 5) is 8.81. The van der Waals surface area contributed by atoms with Crippen molar-refractivity contribution in [2.45, 2.75) is 0 Å². The fraction of sp³-hybridized carbons (Fsp3) is 0.100. The number of ether oxygens (including phenoxy) is 2. The Labute approximate surface area is 169 Å². The van der Waals surface area contributed by atoms with Gasteiger partial charge in [-0.1, -0.05) is 15.9 Å². The molecule has 7 nitrogen and oxygen atoms in total. The summed E-state index contributed by atoms with van der Waals surface area (Å²) in [6, 6.07) is 10.7. The number of phenolic OH excluding ortho intramolecular Hbond substituents is 1. The van der Waals surface area contributed by atoms with Gasteiger partial charge in [0.1, 0.15) is 28.8 Å². The Morgan fingerprint density at radius 1 is 1.11 bits per heavy atom. The van der Waals surface area contributed by atoms with Crippen LogP contribution in [0.5, 0.6) is 17.2 Å². The van der Waals surface area contributed by atoms with E-state index in [1.807, 2.05) is 28.7 Å². The summed E-state index contributed by atoms with van der Waals surface area (Å²) in [6.07, 6.45) is 5.13. The van der Waals surface area contributed by atoms with Crippen LogP contribution in [-0.2, 0) is 0 Å². The first-order valence-corrected chi connectivity index (χ1v) is 9.20. The van der Waals surface area contributed by atoms with Crippen LogP contribution in [0.2, 0.25) is 0 Å². The highest BCUT2D eigenvalue weighted by molar-refractivity contribution is 9.10. The van der Waals surface area contributed by atoms with Crippen molar-refractivity contribution >= 4 is 33.1 Å². The van der Waals surface area contributed by atoms with Gasteiger partial charge < -0.3 is 19.9 Å². The minimum absolute atomic E-state index is 0.125. The van der Waals surface area contributed by atoms with Crippen LogP contribution in [0, 0.1) is 0 Å². The van der Waals surface area contributed by atoms with Gasteiger partial charge >= 0.3 is 0 Å². The van der Waals surface area contributed by atoms with Crippen LogP contribution in [0.1, 0.15) is 0 Å². The first-order valence-electron chi connectivity index (χ1n) is 8.40. The molecule has 0 saturated heterocycles. The average molecular weight is 441 g/mol. The average Bonchev–Trinajstić information content (AvgIpc) is 3.08. The molecule has 2 heterocycles. The zero-order valence-corrected chi connectivity index (χ0v) is 16.8. The number of phenols is 1. The van der Waals surface area contributed by atoms with Crippen LogP contribution < -0.4 is 14.8 Å². The number of aromatic hydroxyl groups is 1. The van der Waals surface area contributed by atoms with E-state index in [0.717, 1.165) is 4.47 Å². The van der Waals surface area contributed by atoms with Crippen molar-refractivity contribution in [2.24, 2.45) is 0 Å². The molecule has 28 heavy (non-hydrogen) atoms. The molecule has 0 fully saturated rings. The Morgan fingerprint density at radius 2 is 1.96 bits per heavy atom. The number of hydrogen-bond donors (Lipinski definition) is 2. The second-order valence-corrected chi connectivity index (χ2v) is 6.88. The predicted octanol–water partition coefficient (Wildman–Crippen LogP) is 4.63. The molecule has 0 spiro atoms. The minimum Gasteiger partial charge on any atom is -0.507 e. The van der Waals surface area contributed by atoms with E-state index in [-0.39, 0.29) is 5.75 Å². The Balaban J connectivity index is 1.93. The number of imidazole rings is 1.